The van der Waals surface area contributed by atoms with Gasteiger partial charge in [-0.3, -0.25) is 4.79 Å². The molecule has 4 aromatic heterocycles. The van der Waals surface area contributed by atoms with Crippen molar-refractivity contribution in [1.29, 1.82) is 0 Å². The third-order valence-corrected chi connectivity index (χ3v) is 7.59. The number of aromatic nitrogens is 3. The molecule has 0 aliphatic rings. The van der Waals surface area contributed by atoms with Gasteiger partial charge >= 0.3 is 0 Å². The van der Waals surface area contributed by atoms with Crippen LogP contribution in [0, 0.1) is 12.3 Å². The Kier molecular flexibility index (Phi) is 4.61. The Morgan fingerprint density at radius 3 is 2.52 bits per heavy atom. The molecule has 0 amide bonds. The first-order chi connectivity index (χ1) is 12.8. The molecule has 0 atom stereocenters. The Morgan fingerprint density at radius 1 is 1.04 bits per heavy atom. The maximum atomic E-state index is 12.7. The van der Waals surface area contributed by atoms with Crippen molar-refractivity contribution < 1.29 is 4.79 Å². The lowest BCUT2D eigenvalue weighted by molar-refractivity contribution is 0.0751. The van der Waals surface area contributed by atoms with Crippen molar-refractivity contribution in [2.24, 2.45) is 5.41 Å². The molecule has 4 aromatic rings. The van der Waals surface area contributed by atoms with Gasteiger partial charge in [0.2, 0.25) is 0 Å². The third-order valence-electron chi connectivity index (χ3n) is 4.09. The fourth-order valence-electron chi connectivity index (χ4n) is 2.70. The number of carbonyl (C=O) groups excluding carboxylic acids is 1. The van der Waals surface area contributed by atoms with E-state index in [9.17, 15) is 4.79 Å². The van der Waals surface area contributed by atoms with Crippen molar-refractivity contribution in [1.82, 2.24) is 14.8 Å². The zero-order valence-corrected chi connectivity index (χ0v) is 18.0. The SMILES string of the molecule is Cc1nc(-c2ccc(-c3cccs3)s2)sc1-c1ccnn1C(=O)C(C)(C)C. The molecule has 0 aliphatic heterocycles. The van der Waals surface area contributed by atoms with Crippen LogP contribution in [0.25, 0.3) is 30.2 Å². The first-order valence-electron chi connectivity index (χ1n) is 8.55. The van der Waals surface area contributed by atoms with E-state index >= 15 is 0 Å². The normalized spacial score (nSPS) is 11.9. The van der Waals surface area contributed by atoms with E-state index in [1.807, 2.05) is 33.8 Å². The maximum absolute atomic E-state index is 12.7. The fraction of sp³-hybridized carbons (Fsp3) is 0.250. The molecule has 7 heteroatoms. The van der Waals surface area contributed by atoms with E-state index < -0.39 is 5.41 Å². The smallest absolute Gasteiger partial charge is 0.252 e. The summed E-state index contributed by atoms with van der Waals surface area (Å²) < 4.78 is 1.51. The monoisotopic (exact) mass is 413 g/mol. The molecule has 138 valence electrons. The highest BCUT2D eigenvalue weighted by molar-refractivity contribution is 7.26. The van der Waals surface area contributed by atoms with Gasteiger partial charge in [0.25, 0.3) is 5.91 Å². The van der Waals surface area contributed by atoms with E-state index in [4.69, 9.17) is 4.98 Å². The lowest BCUT2D eigenvalue weighted by Crippen LogP contribution is -2.28. The van der Waals surface area contributed by atoms with Crippen LogP contribution in [0.2, 0.25) is 0 Å². The summed E-state index contributed by atoms with van der Waals surface area (Å²) >= 11 is 5.10. The van der Waals surface area contributed by atoms with Gasteiger partial charge in [0, 0.05) is 15.2 Å². The quantitative estimate of drug-likeness (QED) is 0.387. The molecule has 0 N–H and O–H groups in total. The van der Waals surface area contributed by atoms with Gasteiger partial charge in [0.05, 0.1) is 27.3 Å². The molecule has 0 unspecified atom stereocenters. The third kappa shape index (κ3) is 3.42. The number of hydrogen-bond donors (Lipinski definition) is 0. The van der Waals surface area contributed by atoms with Crippen molar-refractivity contribution in [2.75, 3.05) is 0 Å². The van der Waals surface area contributed by atoms with Crippen LogP contribution in [-0.4, -0.2) is 20.7 Å². The summed E-state index contributed by atoms with van der Waals surface area (Å²) in [6.45, 7) is 7.71. The number of aryl methyl sites for hydroxylation is 1. The highest BCUT2D eigenvalue weighted by atomic mass is 32.1. The van der Waals surface area contributed by atoms with Gasteiger partial charge in [0.1, 0.15) is 5.01 Å². The number of rotatable bonds is 3. The lowest BCUT2D eigenvalue weighted by atomic mass is 9.96. The molecule has 4 heterocycles. The van der Waals surface area contributed by atoms with Crippen LogP contribution in [0.1, 0.15) is 31.3 Å². The maximum Gasteiger partial charge on any atom is 0.252 e. The van der Waals surface area contributed by atoms with Crippen LogP contribution in [0.5, 0.6) is 0 Å². The van der Waals surface area contributed by atoms with E-state index in [1.54, 1.807) is 40.2 Å². The van der Waals surface area contributed by atoms with Crippen LogP contribution in [0.15, 0.2) is 41.9 Å². The Hall–Kier alpha value is -2.09. The predicted octanol–water partition coefficient (Wildman–Crippen LogP) is 6.46. The number of thiazole rings is 1. The Labute approximate surface area is 170 Å². The second-order valence-corrected chi connectivity index (χ2v) is 10.3. The van der Waals surface area contributed by atoms with E-state index in [1.165, 1.54) is 14.4 Å². The topological polar surface area (TPSA) is 47.8 Å². The molecule has 0 spiro atoms. The molecule has 0 bridgehead atoms. The summed E-state index contributed by atoms with van der Waals surface area (Å²) in [5.41, 5.74) is 1.24. The van der Waals surface area contributed by atoms with E-state index in [0.717, 1.165) is 26.1 Å². The lowest BCUT2D eigenvalue weighted by Gasteiger charge is -2.17. The van der Waals surface area contributed by atoms with Gasteiger partial charge < -0.3 is 0 Å². The molecule has 4 rings (SSSR count). The summed E-state index contributed by atoms with van der Waals surface area (Å²) in [5.74, 6) is -0.0204. The van der Waals surface area contributed by atoms with Gasteiger partial charge in [-0.2, -0.15) is 9.78 Å². The van der Waals surface area contributed by atoms with Crippen molar-refractivity contribution >= 4 is 39.9 Å². The van der Waals surface area contributed by atoms with Crippen molar-refractivity contribution in [2.45, 2.75) is 27.7 Å². The molecule has 27 heavy (non-hydrogen) atoms. The second kappa shape index (κ2) is 6.82. The van der Waals surface area contributed by atoms with Crippen LogP contribution in [0.4, 0.5) is 0 Å². The Balaban J connectivity index is 1.72. The molecule has 0 radical (unpaired) electrons. The zero-order valence-electron chi connectivity index (χ0n) is 15.5. The summed E-state index contributed by atoms with van der Waals surface area (Å²) in [5, 5.41) is 7.34. The minimum atomic E-state index is -0.494. The highest BCUT2D eigenvalue weighted by Crippen LogP contribution is 2.41. The first kappa shape index (κ1) is 18.3. The molecular formula is C20H19N3OS3. The van der Waals surface area contributed by atoms with E-state index in [-0.39, 0.29) is 5.91 Å². The molecular weight excluding hydrogens is 394 g/mol. The molecule has 0 aliphatic carbocycles. The van der Waals surface area contributed by atoms with Crippen molar-refractivity contribution in [3.05, 3.63) is 47.6 Å². The first-order valence-corrected chi connectivity index (χ1v) is 11.1. The minimum Gasteiger partial charge on any atom is -0.272 e. The van der Waals surface area contributed by atoms with E-state index in [0.29, 0.717) is 0 Å². The summed E-state index contributed by atoms with van der Waals surface area (Å²) in [6.07, 6.45) is 1.68. The number of thiophene rings is 2. The molecule has 0 aromatic carbocycles. The zero-order chi connectivity index (χ0) is 19.2. The van der Waals surface area contributed by atoms with Gasteiger partial charge in [-0.25, -0.2) is 4.98 Å². The molecule has 0 saturated heterocycles. The summed E-state index contributed by atoms with van der Waals surface area (Å²) in [4.78, 5) is 22.2. The van der Waals surface area contributed by atoms with Crippen LogP contribution >= 0.6 is 34.0 Å². The van der Waals surface area contributed by atoms with Crippen LogP contribution in [0.3, 0.4) is 0 Å². The van der Waals surface area contributed by atoms with E-state index in [2.05, 4.69) is 34.7 Å². The number of carbonyl (C=O) groups is 1. The Bertz CT molecular complexity index is 1090. The molecule has 4 nitrogen and oxygen atoms in total. The van der Waals surface area contributed by atoms with Gasteiger partial charge in [-0.05, 0) is 36.6 Å². The summed E-state index contributed by atoms with van der Waals surface area (Å²) in [6, 6.07) is 10.4. The van der Waals surface area contributed by atoms with Gasteiger partial charge in [-0.15, -0.1) is 34.0 Å². The summed E-state index contributed by atoms with van der Waals surface area (Å²) in [7, 11) is 0. The van der Waals surface area contributed by atoms with Gasteiger partial charge in [-0.1, -0.05) is 26.8 Å². The number of nitrogens with zero attached hydrogens (tertiary/aromatic N) is 3. The van der Waals surface area contributed by atoms with Crippen molar-refractivity contribution in [3.8, 4) is 30.2 Å². The largest absolute Gasteiger partial charge is 0.272 e. The molecule has 0 fully saturated rings. The Morgan fingerprint density at radius 2 is 1.81 bits per heavy atom. The predicted molar refractivity (Wildman–Crippen MR) is 115 cm³/mol. The molecule has 0 saturated carbocycles. The van der Waals surface area contributed by atoms with Crippen molar-refractivity contribution in [3.63, 3.8) is 0 Å². The average molecular weight is 414 g/mol. The average Bonchev–Trinajstić information content (AvgIpc) is 3.38. The second-order valence-electron chi connectivity index (χ2n) is 7.26. The highest BCUT2D eigenvalue weighted by Gasteiger charge is 2.27. The fourth-order valence-corrected chi connectivity index (χ4v) is 5.67. The number of hydrogen-bond acceptors (Lipinski definition) is 6. The minimum absolute atomic E-state index is 0.0204. The van der Waals surface area contributed by atoms with Crippen LogP contribution < -0.4 is 0 Å². The standard InChI is InChI=1S/C20H19N3OS3/c1-12-17(13-9-10-21-23(13)19(24)20(2,3)4)27-18(22-12)16-8-7-15(26-16)14-6-5-11-25-14/h5-11H,1-4H3. The van der Waals surface area contributed by atoms with Gasteiger partial charge in [0.15, 0.2) is 0 Å². The van der Waals surface area contributed by atoms with Crippen LogP contribution in [-0.2, 0) is 0 Å².